The van der Waals surface area contributed by atoms with Gasteiger partial charge >= 0.3 is 0 Å². The molecule has 4 heteroatoms. The van der Waals surface area contributed by atoms with Gasteiger partial charge in [0, 0.05) is 20.2 Å². The van der Waals surface area contributed by atoms with Crippen LogP contribution in [0.1, 0.15) is 5.76 Å². The molecule has 0 atom stereocenters. The molecular formula is C10H14BrNO2. The summed E-state index contributed by atoms with van der Waals surface area (Å²) in [7, 11) is 1.69. The number of hydrogen-bond donors (Lipinski definition) is 1. The molecule has 1 rings (SSSR count). The van der Waals surface area contributed by atoms with E-state index in [-0.39, 0.29) is 0 Å². The molecule has 0 aliphatic rings. The predicted octanol–water partition coefficient (Wildman–Crippen LogP) is 2.29. The van der Waals surface area contributed by atoms with E-state index in [9.17, 15) is 0 Å². The zero-order chi connectivity index (χ0) is 10.2. The maximum atomic E-state index is 5.21. The maximum Gasteiger partial charge on any atom is 0.140 e. The van der Waals surface area contributed by atoms with Gasteiger partial charge in [0.1, 0.15) is 5.76 Å². The summed E-state index contributed by atoms with van der Waals surface area (Å²) in [5.41, 5.74) is 0. The summed E-state index contributed by atoms with van der Waals surface area (Å²) in [5.74, 6) is 0.846. The van der Waals surface area contributed by atoms with Crippen molar-refractivity contribution >= 4 is 22.0 Å². The fraction of sp³-hybridized carbons (Fsp3) is 0.400. The van der Waals surface area contributed by atoms with E-state index in [0.717, 1.165) is 29.9 Å². The maximum absolute atomic E-state index is 5.21. The van der Waals surface area contributed by atoms with Gasteiger partial charge in [0.15, 0.2) is 0 Å². The van der Waals surface area contributed by atoms with Crippen LogP contribution in [0.3, 0.4) is 0 Å². The summed E-state index contributed by atoms with van der Waals surface area (Å²) >= 11 is 3.37. The highest BCUT2D eigenvalue weighted by atomic mass is 79.9. The highest BCUT2D eigenvalue weighted by molar-refractivity contribution is 9.10. The van der Waals surface area contributed by atoms with Crippen LogP contribution in [-0.4, -0.2) is 26.8 Å². The Morgan fingerprint density at radius 2 is 2.50 bits per heavy atom. The van der Waals surface area contributed by atoms with Crippen molar-refractivity contribution in [3.63, 3.8) is 0 Å². The Morgan fingerprint density at radius 3 is 3.14 bits per heavy atom. The minimum atomic E-state index is 0.734. The third-order valence-corrected chi connectivity index (χ3v) is 2.31. The topological polar surface area (TPSA) is 34.4 Å². The molecule has 0 aliphatic carbocycles. The molecule has 0 aliphatic heterocycles. The second kappa shape index (κ2) is 6.81. The van der Waals surface area contributed by atoms with Crippen molar-refractivity contribution in [3.05, 3.63) is 28.6 Å². The predicted molar refractivity (Wildman–Crippen MR) is 60.2 cm³/mol. The van der Waals surface area contributed by atoms with Crippen molar-refractivity contribution in [2.45, 2.75) is 0 Å². The summed E-state index contributed by atoms with van der Waals surface area (Å²) in [6.07, 6.45) is 5.60. The van der Waals surface area contributed by atoms with Crippen LogP contribution in [0.25, 0.3) is 6.08 Å². The standard InChI is InChI=1S/C10H14BrNO2/c1-13-8-6-12-5-2-3-10-9(11)4-7-14-10/h2-4,7,12H,5-6,8H2,1H3/b3-2+. The summed E-state index contributed by atoms with van der Waals surface area (Å²) < 4.78 is 11.1. The molecule has 1 aromatic rings. The van der Waals surface area contributed by atoms with Crippen LogP contribution < -0.4 is 5.32 Å². The number of methoxy groups -OCH3 is 1. The van der Waals surface area contributed by atoms with E-state index in [4.69, 9.17) is 9.15 Å². The number of ether oxygens (including phenoxy) is 1. The SMILES string of the molecule is COCCNC/C=C/c1occc1Br. The zero-order valence-electron chi connectivity index (χ0n) is 8.13. The number of nitrogens with one attached hydrogen (secondary N) is 1. The van der Waals surface area contributed by atoms with Gasteiger partial charge in [-0.2, -0.15) is 0 Å². The molecular weight excluding hydrogens is 246 g/mol. The van der Waals surface area contributed by atoms with E-state index in [1.54, 1.807) is 13.4 Å². The number of rotatable bonds is 6. The van der Waals surface area contributed by atoms with Crippen LogP contribution in [0, 0.1) is 0 Å². The molecule has 78 valence electrons. The molecule has 3 nitrogen and oxygen atoms in total. The second-order valence-corrected chi connectivity index (χ2v) is 3.59. The van der Waals surface area contributed by atoms with Crippen LogP contribution in [-0.2, 0) is 4.74 Å². The fourth-order valence-electron chi connectivity index (χ4n) is 0.950. The number of hydrogen-bond acceptors (Lipinski definition) is 3. The normalized spacial score (nSPS) is 11.3. The van der Waals surface area contributed by atoms with Gasteiger partial charge in [0.25, 0.3) is 0 Å². The van der Waals surface area contributed by atoms with Crippen molar-refractivity contribution < 1.29 is 9.15 Å². The first-order valence-corrected chi connectivity index (χ1v) is 5.23. The van der Waals surface area contributed by atoms with Gasteiger partial charge in [-0.3, -0.25) is 0 Å². The average Bonchev–Trinajstić information content (AvgIpc) is 2.58. The van der Waals surface area contributed by atoms with Crippen molar-refractivity contribution in [1.29, 1.82) is 0 Å². The molecule has 0 saturated carbocycles. The number of furan rings is 1. The highest BCUT2D eigenvalue weighted by Gasteiger charge is 1.96. The average molecular weight is 260 g/mol. The van der Waals surface area contributed by atoms with Gasteiger partial charge in [-0.05, 0) is 28.1 Å². The quantitative estimate of drug-likeness (QED) is 0.797. The second-order valence-electron chi connectivity index (χ2n) is 2.73. The third-order valence-electron chi connectivity index (χ3n) is 1.66. The lowest BCUT2D eigenvalue weighted by atomic mass is 10.4. The van der Waals surface area contributed by atoms with Crippen LogP contribution in [0.4, 0.5) is 0 Å². The number of halogens is 1. The molecule has 14 heavy (non-hydrogen) atoms. The van der Waals surface area contributed by atoms with Crippen LogP contribution >= 0.6 is 15.9 Å². The minimum Gasteiger partial charge on any atom is -0.464 e. The minimum absolute atomic E-state index is 0.734. The van der Waals surface area contributed by atoms with E-state index in [1.165, 1.54) is 0 Å². The fourth-order valence-corrected chi connectivity index (χ4v) is 1.28. The molecule has 0 radical (unpaired) electrons. The summed E-state index contributed by atoms with van der Waals surface area (Å²) in [6.45, 7) is 2.41. The molecule has 1 aromatic heterocycles. The van der Waals surface area contributed by atoms with E-state index < -0.39 is 0 Å². The molecule has 0 amide bonds. The first-order valence-electron chi connectivity index (χ1n) is 4.44. The van der Waals surface area contributed by atoms with Gasteiger partial charge in [0.05, 0.1) is 17.3 Å². The Morgan fingerprint density at radius 1 is 1.64 bits per heavy atom. The van der Waals surface area contributed by atoms with E-state index in [0.29, 0.717) is 0 Å². The monoisotopic (exact) mass is 259 g/mol. The summed E-state index contributed by atoms with van der Waals surface area (Å²) in [4.78, 5) is 0. The highest BCUT2D eigenvalue weighted by Crippen LogP contribution is 2.18. The van der Waals surface area contributed by atoms with Crippen molar-refractivity contribution in [3.8, 4) is 0 Å². The Hall–Kier alpha value is -0.580. The molecule has 0 saturated heterocycles. The van der Waals surface area contributed by atoms with Crippen molar-refractivity contribution in [2.24, 2.45) is 0 Å². The first kappa shape index (κ1) is 11.5. The van der Waals surface area contributed by atoms with Gasteiger partial charge in [-0.25, -0.2) is 0 Å². The molecule has 0 fully saturated rings. The summed E-state index contributed by atoms with van der Waals surface area (Å²) in [6, 6.07) is 1.87. The molecule has 0 unspecified atom stereocenters. The van der Waals surface area contributed by atoms with Crippen molar-refractivity contribution in [2.75, 3.05) is 26.8 Å². The third kappa shape index (κ3) is 4.09. The van der Waals surface area contributed by atoms with Crippen LogP contribution in [0.15, 0.2) is 27.3 Å². The van der Waals surface area contributed by atoms with Gasteiger partial charge in [-0.1, -0.05) is 6.08 Å². The Labute approximate surface area is 92.3 Å². The van der Waals surface area contributed by atoms with Crippen LogP contribution in [0.2, 0.25) is 0 Å². The van der Waals surface area contributed by atoms with Crippen LogP contribution in [0.5, 0.6) is 0 Å². The van der Waals surface area contributed by atoms with Gasteiger partial charge in [-0.15, -0.1) is 0 Å². The van der Waals surface area contributed by atoms with E-state index >= 15 is 0 Å². The molecule has 1 heterocycles. The van der Waals surface area contributed by atoms with E-state index in [1.807, 2.05) is 18.2 Å². The lowest BCUT2D eigenvalue weighted by Gasteiger charge is -1.98. The van der Waals surface area contributed by atoms with Crippen molar-refractivity contribution in [1.82, 2.24) is 5.32 Å². The Kier molecular flexibility index (Phi) is 5.59. The smallest absolute Gasteiger partial charge is 0.140 e. The summed E-state index contributed by atoms with van der Waals surface area (Å²) in [5, 5.41) is 3.20. The Balaban J connectivity index is 2.18. The first-order chi connectivity index (χ1) is 6.84. The van der Waals surface area contributed by atoms with Gasteiger partial charge in [0.2, 0.25) is 0 Å². The lowest BCUT2D eigenvalue weighted by molar-refractivity contribution is 0.200. The molecule has 0 bridgehead atoms. The van der Waals surface area contributed by atoms with E-state index in [2.05, 4.69) is 21.2 Å². The molecule has 0 aromatic carbocycles. The zero-order valence-corrected chi connectivity index (χ0v) is 9.71. The lowest BCUT2D eigenvalue weighted by Crippen LogP contribution is -2.18. The molecule has 1 N–H and O–H groups in total. The van der Waals surface area contributed by atoms with Gasteiger partial charge < -0.3 is 14.5 Å². The largest absolute Gasteiger partial charge is 0.464 e. The Bertz CT molecular complexity index is 283. The molecule has 0 spiro atoms.